The Kier molecular flexibility index (Phi) is 7.83. The van der Waals surface area contributed by atoms with Crippen molar-refractivity contribution in [2.24, 2.45) is 0 Å². The lowest BCUT2D eigenvalue weighted by molar-refractivity contribution is -0.862. The van der Waals surface area contributed by atoms with Crippen LogP contribution in [0, 0.1) is 6.92 Å². The molecule has 0 fully saturated rings. The van der Waals surface area contributed by atoms with Crippen LogP contribution < -0.4 is 25.0 Å². The summed E-state index contributed by atoms with van der Waals surface area (Å²) in [6.07, 6.45) is 0. The van der Waals surface area contributed by atoms with Gasteiger partial charge in [0.15, 0.2) is 24.6 Å². The van der Waals surface area contributed by atoms with Crippen LogP contribution in [0.4, 0.5) is 5.69 Å². The minimum Gasteiger partial charge on any atom is -0.493 e. The van der Waals surface area contributed by atoms with Gasteiger partial charge in [-0.25, -0.2) is 0 Å². The highest BCUT2D eigenvalue weighted by atomic mass is 16.5. The second kappa shape index (κ2) is 10.3. The van der Waals surface area contributed by atoms with Gasteiger partial charge in [-0.05, 0) is 36.8 Å². The standard InChI is InChI=1S/C21H27N3O4/c1-15-5-8-17(9-6-15)23-21(26)14-24(2)13-20(25)22-12-16-7-10-18(27-3)19(11-16)28-4/h5-11H,12-14H2,1-4H3,(H,22,25)(H,23,26)/p+1. The van der Waals surface area contributed by atoms with E-state index in [-0.39, 0.29) is 24.9 Å². The zero-order valence-corrected chi connectivity index (χ0v) is 16.8. The van der Waals surface area contributed by atoms with Gasteiger partial charge in [0.05, 0.1) is 21.3 Å². The number of nitrogens with one attached hydrogen (secondary N) is 3. The monoisotopic (exact) mass is 386 g/mol. The summed E-state index contributed by atoms with van der Waals surface area (Å²) < 4.78 is 10.5. The Morgan fingerprint density at radius 1 is 0.929 bits per heavy atom. The predicted octanol–water partition coefficient (Wildman–Crippen LogP) is 0.782. The molecule has 28 heavy (non-hydrogen) atoms. The molecule has 2 rings (SSSR count). The largest absolute Gasteiger partial charge is 0.493 e. The molecule has 7 heteroatoms. The highest BCUT2D eigenvalue weighted by Crippen LogP contribution is 2.27. The number of carbonyl (C=O) groups excluding carboxylic acids is 2. The molecule has 0 aromatic heterocycles. The number of amides is 2. The summed E-state index contributed by atoms with van der Waals surface area (Å²) in [4.78, 5) is 25.1. The predicted molar refractivity (Wildman–Crippen MR) is 108 cm³/mol. The highest BCUT2D eigenvalue weighted by molar-refractivity contribution is 5.91. The molecule has 1 unspecified atom stereocenters. The lowest BCUT2D eigenvalue weighted by Gasteiger charge is -2.14. The fraction of sp³-hybridized carbons (Fsp3) is 0.333. The van der Waals surface area contributed by atoms with Crippen LogP contribution in [-0.4, -0.2) is 46.2 Å². The van der Waals surface area contributed by atoms with E-state index in [1.807, 2.05) is 50.4 Å². The van der Waals surface area contributed by atoms with E-state index in [4.69, 9.17) is 9.47 Å². The Labute approximate surface area is 165 Å². The number of hydrogen-bond acceptors (Lipinski definition) is 4. The second-order valence-electron chi connectivity index (χ2n) is 6.69. The molecular formula is C21H28N3O4+. The van der Waals surface area contributed by atoms with Gasteiger partial charge in [0.2, 0.25) is 0 Å². The van der Waals surface area contributed by atoms with E-state index in [1.165, 1.54) is 0 Å². The summed E-state index contributed by atoms with van der Waals surface area (Å²) in [5.74, 6) is 0.996. The number of carbonyl (C=O) groups is 2. The van der Waals surface area contributed by atoms with Crippen molar-refractivity contribution in [3.05, 3.63) is 53.6 Å². The fourth-order valence-electron chi connectivity index (χ4n) is 2.71. The minimum atomic E-state index is -0.131. The van der Waals surface area contributed by atoms with Gasteiger partial charge in [-0.2, -0.15) is 0 Å². The van der Waals surface area contributed by atoms with Crippen LogP contribution in [0.5, 0.6) is 11.5 Å². The third-order valence-electron chi connectivity index (χ3n) is 4.20. The molecule has 0 aliphatic heterocycles. The number of aryl methyl sites for hydroxylation is 1. The summed E-state index contributed by atoms with van der Waals surface area (Å²) in [5, 5.41) is 5.70. The first kappa shape index (κ1) is 21.2. The Bertz CT molecular complexity index is 806. The van der Waals surface area contributed by atoms with Crippen molar-refractivity contribution >= 4 is 17.5 Å². The first-order chi connectivity index (χ1) is 13.4. The number of likely N-dealkylation sites (N-methyl/N-ethyl adjacent to an activating group) is 1. The SMILES string of the molecule is COc1ccc(CNC(=O)C[NH+](C)CC(=O)Nc2ccc(C)cc2)cc1OC. The van der Waals surface area contributed by atoms with Crippen molar-refractivity contribution in [2.45, 2.75) is 13.5 Å². The molecule has 0 radical (unpaired) electrons. The molecule has 3 N–H and O–H groups in total. The number of ether oxygens (including phenoxy) is 2. The van der Waals surface area contributed by atoms with Crippen molar-refractivity contribution in [3.63, 3.8) is 0 Å². The van der Waals surface area contributed by atoms with E-state index in [2.05, 4.69) is 10.6 Å². The topological polar surface area (TPSA) is 81.1 Å². The molecule has 0 bridgehead atoms. The zero-order valence-electron chi connectivity index (χ0n) is 16.8. The summed E-state index contributed by atoms with van der Waals surface area (Å²) in [7, 11) is 4.96. The van der Waals surface area contributed by atoms with Crippen molar-refractivity contribution in [1.82, 2.24) is 5.32 Å². The number of benzene rings is 2. The van der Waals surface area contributed by atoms with Crippen LogP contribution in [0.2, 0.25) is 0 Å². The molecule has 0 aliphatic rings. The van der Waals surface area contributed by atoms with Gasteiger partial charge >= 0.3 is 0 Å². The number of hydrogen-bond donors (Lipinski definition) is 3. The van der Waals surface area contributed by atoms with Crippen LogP contribution in [0.3, 0.4) is 0 Å². The average Bonchev–Trinajstić information content (AvgIpc) is 2.67. The number of rotatable bonds is 9. The Morgan fingerprint density at radius 2 is 1.57 bits per heavy atom. The molecule has 1 atom stereocenters. The molecule has 150 valence electrons. The highest BCUT2D eigenvalue weighted by Gasteiger charge is 2.14. The van der Waals surface area contributed by atoms with Crippen LogP contribution >= 0.6 is 0 Å². The lowest BCUT2D eigenvalue weighted by Crippen LogP contribution is -3.11. The van der Waals surface area contributed by atoms with Crippen molar-refractivity contribution in [3.8, 4) is 11.5 Å². The summed E-state index contributed by atoms with van der Waals surface area (Å²) in [6.45, 7) is 2.78. The van der Waals surface area contributed by atoms with Crippen LogP contribution in [0.1, 0.15) is 11.1 Å². The van der Waals surface area contributed by atoms with E-state index in [0.29, 0.717) is 18.0 Å². The molecule has 0 heterocycles. The maximum absolute atomic E-state index is 12.2. The summed E-state index contributed by atoms with van der Waals surface area (Å²) in [5.41, 5.74) is 2.79. The fourth-order valence-corrected chi connectivity index (χ4v) is 2.71. The van der Waals surface area contributed by atoms with E-state index < -0.39 is 0 Å². The summed E-state index contributed by atoms with van der Waals surface area (Å²) in [6, 6.07) is 13.1. The third kappa shape index (κ3) is 6.59. The number of quaternary nitrogens is 1. The van der Waals surface area contributed by atoms with Gasteiger partial charge < -0.3 is 25.0 Å². The van der Waals surface area contributed by atoms with E-state index in [1.54, 1.807) is 20.3 Å². The van der Waals surface area contributed by atoms with E-state index >= 15 is 0 Å². The second-order valence-corrected chi connectivity index (χ2v) is 6.69. The van der Waals surface area contributed by atoms with Gasteiger partial charge in [-0.1, -0.05) is 23.8 Å². The maximum atomic E-state index is 12.2. The van der Waals surface area contributed by atoms with Crippen molar-refractivity contribution < 1.29 is 24.0 Å². The van der Waals surface area contributed by atoms with Gasteiger partial charge in [0.1, 0.15) is 0 Å². The number of methoxy groups -OCH3 is 2. The first-order valence-corrected chi connectivity index (χ1v) is 9.06. The molecule has 0 spiro atoms. The smallest absolute Gasteiger partial charge is 0.279 e. The molecule has 0 aliphatic carbocycles. The normalized spacial score (nSPS) is 11.4. The van der Waals surface area contributed by atoms with Crippen LogP contribution in [0.15, 0.2) is 42.5 Å². The van der Waals surface area contributed by atoms with Gasteiger partial charge in [0.25, 0.3) is 11.8 Å². The van der Waals surface area contributed by atoms with Crippen LogP contribution in [0.25, 0.3) is 0 Å². The maximum Gasteiger partial charge on any atom is 0.279 e. The molecule has 0 saturated heterocycles. The Hall–Kier alpha value is -3.06. The molecular weight excluding hydrogens is 358 g/mol. The first-order valence-electron chi connectivity index (χ1n) is 9.06. The van der Waals surface area contributed by atoms with Gasteiger partial charge in [-0.15, -0.1) is 0 Å². The van der Waals surface area contributed by atoms with Crippen molar-refractivity contribution in [2.75, 3.05) is 39.7 Å². The Balaban J connectivity index is 1.77. The number of anilines is 1. The van der Waals surface area contributed by atoms with E-state index in [9.17, 15) is 9.59 Å². The molecule has 7 nitrogen and oxygen atoms in total. The van der Waals surface area contributed by atoms with Gasteiger partial charge in [-0.3, -0.25) is 9.59 Å². The van der Waals surface area contributed by atoms with Crippen molar-refractivity contribution in [1.29, 1.82) is 0 Å². The average molecular weight is 386 g/mol. The van der Waals surface area contributed by atoms with E-state index in [0.717, 1.165) is 21.7 Å². The quantitative estimate of drug-likeness (QED) is 0.595. The van der Waals surface area contributed by atoms with Gasteiger partial charge in [0, 0.05) is 12.2 Å². The zero-order chi connectivity index (χ0) is 20.5. The molecule has 2 aromatic rings. The molecule has 0 saturated carbocycles. The summed E-state index contributed by atoms with van der Waals surface area (Å²) >= 11 is 0. The Morgan fingerprint density at radius 3 is 2.21 bits per heavy atom. The lowest BCUT2D eigenvalue weighted by atomic mass is 10.2. The molecule has 2 aromatic carbocycles. The molecule has 2 amide bonds. The third-order valence-corrected chi connectivity index (χ3v) is 4.20. The minimum absolute atomic E-state index is 0.129. The van der Waals surface area contributed by atoms with Crippen LogP contribution in [-0.2, 0) is 16.1 Å².